The third-order valence-corrected chi connectivity index (χ3v) is 3.93. The zero-order valence-electron chi connectivity index (χ0n) is 10.6. The lowest BCUT2D eigenvalue weighted by atomic mass is 10.0. The van der Waals surface area contributed by atoms with Crippen LogP contribution >= 0.6 is 0 Å². The predicted molar refractivity (Wildman–Crippen MR) is 68.4 cm³/mol. The van der Waals surface area contributed by atoms with Crippen LogP contribution in [0, 0.1) is 6.42 Å². The van der Waals surface area contributed by atoms with E-state index in [4.69, 9.17) is 5.73 Å². The number of amides is 1. The number of nitrogens with two attached hydrogens (primary N) is 1. The van der Waals surface area contributed by atoms with Crippen LogP contribution in [0.5, 0.6) is 0 Å². The molecule has 1 unspecified atom stereocenters. The Hall–Kier alpha value is -0.610. The highest BCUT2D eigenvalue weighted by molar-refractivity contribution is 5.80. The van der Waals surface area contributed by atoms with Crippen LogP contribution in [0.3, 0.4) is 0 Å². The van der Waals surface area contributed by atoms with E-state index in [1.54, 1.807) is 0 Å². The van der Waals surface area contributed by atoms with Crippen LogP contribution in [0.25, 0.3) is 0 Å². The van der Waals surface area contributed by atoms with E-state index in [9.17, 15) is 4.79 Å². The Bertz CT molecular complexity index is 251. The minimum atomic E-state index is -0.167. The van der Waals surface area contributed by atoms with Crippen molar-refractivity contribution in [2.45, 2.75) is 38.1 Å². The average molecular weight is 238 g/mol. The fourth-order valence-corrected chi connectivity index (χ4v) is 2.85. The molecule has 97 valence electrons. The van der Waals surface area contributed by atoms with Gasteiger partial charge in [0.05, 0.1) is 6.04 Å². The fraction of sp³-hybridized carbons (Fsp3) is 0.846. The van der Waals surface area contributed by atoms with Gasteiger partial charge in [-0.2, -0.15) is 0 Å². The van der Waals surface area contributed by atoms with Gasteiger partial charge in [-0.05, 0) is 51.7 Å². The molecule has 0 bridgehead atoms. The lowest BCUT2D eigenvalue weighted by Gasteiger charge is -2.35. The van der Waals surface area contributed by atoms with Crippen molar-refractivity contribution in [2.75, 3.05) is 32.7 Å². The Labute approximate surface area is 104 Å². The molecule has 2 saturated heterocycles. The van der Waals surface area contributed by atoms with Crippen LogP contribution in [-0.2, 0) is 4.79 Å². The van der Waals surface area contributed by atoms with Crippen molar-refractivity contribution in [2.24, 2.45) is 5.73 Å². The quantitative estimate of drug-likeness (QED) is 0.781. The number of likely N-dealkylation sites (tertiary alicyclic amines) is 2. The molecule has 2 fully saturated rings. The van der Waals surface area contributed by atoms with Gasteiger partial charge in [-0.25, -0.2) is 0 Å². The summed E-state index contributed by atoms with van der Waals surface area (Å²) in [6.45, 7) is 5.51. The van der Waals surface area contributed by atoms with E-state index in [0.29, 0.717) is 0 Å². The number of carbonyl (C=O) groups excluding carboxylic acids is 1. The molecule has 2 rings (SSSR count). The van der Waals surface area contributed by atoms with Gasteiger partial charge in [0.15, 0.2) is 0 Å². The van der Waals surface area contributed by atoms with Crippen LogP contribution in [0.2, 0.25) is 0 Å². The second kappa shape index (κ2) is 6.36. The molecule has 2 heterocycles. The molecular weight excluding hydrogens is 214 g/mol. The first-order chi connectivity index (χ1) is 8.27. The molecule has 2 N–H and O–H groups in total. The molecule has 0 aromatic carbocycles. The van der Waals surface area contributed by atoms with Crippen molar-refractivity contribution >= 4 is 5.91 Å². The molecule has 0 aliphatic carbocycles. The topological polar surface area (TPSA) is 49.6 Å². The molecule has 0 saturated carbocycles. The van der Waals surface area contributed by atoms with E-state index in [-0.39, 0.29) is 11.9 Å². The summed E-state index contributed by atoms with van der Waals surface area (Å²) in [5.74, 6) is -0.167. The van der Waals surface area contributed by atoms with Gasteiger partial charge < -0.3 is 10.6 Å². The third kappa shape index (κ3) is 3.68. The van der Waals surface area contributed by atoms with Crippen molar-refractivity contribution in [1.82, 2.24) is 9.80 Å². The molecule has 1 amide bonds. The van der Waals surface area contributed by atoms with Crippen molar-refractivity contribution < 1.29 is 4.79 Å². The summed E-state index contributed by atoms with van der Waals surface area (Å²) in [4.78, 5) is 16.1. The number of piperidine rings is 2. The normalized spacial score (nSPS) is 28.1. The van der Waals surface area contributed by atoms with Crippen LogP contribution < -0.4 is 5.73 Å². The van der Waals surface area contributed by atoms with E-state index in [1.807, 2.05) is 0 Å². The SMILES string of the molecule is NC(=O)C1C[CH]CCN1CCN1CCCCC1. The van der Waals surface area contributed by atoms with Gasteiger partial charge in [-0.15, -0.1) is 0 Å². The Balaban J connectivity index is 1.77. The summed E-state index contributed by atoms with van der Waals surface area (Å²) in [6.07, 6.45) is 8.13. The molecule has 0 spiro atoms. The third-order valence-electron chi connectivity index (χ3n) is 3.93. The summed E-state index contributed by atoms with van der Waals surface area (Å²) in [6, 6.07) is -0.0615. The number of hydrogen-bond donors (Lipinski definition) is 1. The Morgan fingerprint density at radius 3 is 2.65 bits per heavy atom. The highest BCUT2D eigenvalue weighted by Crippen LogP contribution is 2.16. The Kier molecular flexibility index (Phi) is 4.80. The second-order valence-electron chi connectivity index (χ2n) is 5.17. The van der Waals surface area contributed by atoms with Gasteiger partial charge in [0.25, 0.3) is 0 Å². The molecule has 0 aromatic rings. The molecule has 1 atom stereocenters. The smallest absolute Gasteiger partial charge is 0.234 e. The minimum absolute atomic E-state index is 0.0615. The number of rotatable bonds is 4. The van der Waals surface area contributed by atoms with Gasteiger partial charge >= 0.3 is 0 Å². The van der Waals surface area contributed by atoms with Gasteiger partial charge in [-0.3, -0.25) is 9.69 Å². The van der Waals surface area contributed by atoms with Crippen LogP contribution in [0.15, 0.2) is 0 Å². The van der Waals surface area contributed by atoms with Crippen molar-refractivity contribution in [3.8, 4) is 0 Å². The molecular formula is C13H24N3O. The molecule has 17 heavy (non-hydrogen) atoms. The van der Waals surface area contributed by atoms with Crippen LogP contribution in [0.4, 0.5) is 0 Å². The van der Waals surface area contributed by atoms with E-state index < -0.39 is 0 Å². The van der Waals surface area contributed by atoms with Crippen molar-refractivity contribution in [3.05, 3.63) is 6.42 Å². The van der Waals surface area contributed by atoms with Crippen molar-refractivity contribution in [3.63, 3.8) is 0 Å². The van der Waals surface area contributed by atoms with E-state index in [1.165, 1.54) is 32.4 Å². The maximum Gasteiger partial charge on any atom is 0.234 e. The average Bonchev–Trinajstić information content (AvgIpc) is 2.38. The zero-order chi connectivity index (χ0) is 12.1. The molecule has 2 aliphatic heterocycles. The molecule has 1 radical (unpaired) electrons. The van der Waals surface area contributed by atoms with Gasteiger partial charge in [0, 0.05) is 13.1 Å². The molecule has 2 aliphatic rings. The van der Waals surface area contributed by atoms with Crippen LogP contribution in [0.1, 0.15) is 32.1 Å². The second-order valence-corrected chi connectivity index (χ2v) is 5.17. The Morgan fingerprint density at radius 2 is 1.94 bits per heavy atom. The van der Waals surface area contributed by atoms with Gasteiger partial charge in [-0.1, -0.05) is 6.42 Å². The monoisotopic (exact) mass is 238 g/mol. The van der Waals surface area contributed by atoms with E-state index in [0.717, 1.165) is 32.5 Å². The highest BCUT2D eigenvalue weighted by Gasteiger charge is 2.27. The van der Waals surface area contributed by atoms with Crippen LogP contribution in [-0.4, -0.2) is 54.5 Å². The molecule has 0 aromatic heterocycles. The lowest BCUT2D eigenvalue weighted by Crippen LogP contribution is -2.50. The first-order valence-corrected chi connectivity index (χ1v) is 6.85. The predicted octanol–water partition coefficient (Wildman–Crippen LogP) is 0.626. The number of hydrogen-bond acceptors (Lipinski definition) is 3. The first-order valence-electron chi connectivity index (χ1n) is 6.85. The maximum atomic E-state index is 11.4. The maximum absolute atomic E-state index is 11.4. The molecule has 4 heteroatoms. The fourth-order valence-electron chi connectivity index (χ4n) is 2.85. The molecule has 4 nitrogen and oxygen atoms in total. The van der Waals surface area contributed by atoms with Gasteiger partial charge in [0.1, 0.15) is 0 Å². The summed E-state index contributed by atoms with van der Waals surface area (Å²) in [5.41, 5.74) is 5.45. The number of carbonyl (C=O) groups is 1. The Morgan fingerprint density at radius 1 is 1.18 bits per heavy atom. The van der Waals surface area contributed by atoms with Crippen molar-refractivity contribution in [1.29, 1.82) is 0 Å². The summed E-state index contributed by atoms with van der Waals surface area (Å²) >= 11 is 0. The lowest BCUT2D eigenvalue weighted by molar-refractivity contribution is -0.123. The highest BCUT2D eigenvalue weighted by atomic mass is 16.1. The largest absolute Gasteiger partial charge is 0.368 e. The van der Waals surface area contributed by atoms with E-state index >= 15 is 0 Å². The number of primary amides is 1. The first kappa shape index (κ1) is 12.8. The standard InChI is InChI=1S/C13H24N3O/c14-13(17)12-6-2-5-9-16(12)11-10-15-7-3-1-4-8-15/h2,12H,1,3-11H2,(H2,14,17). The summed E-state index contributed by atoms with van der Waals surface area (Å²) in [7, 11) is 0. The summed E-state index contributed by atoms with van der Waals surface area (Å²) < 4.78 is 0. The number of nitrogens with zero attached hydrogens (tertiary/aromatic N) is 2. The summed E-state index contributed by atoms with van der Waals surface area (Å²) in [5, 5.41) is 0. The van der Waals surface area contributed by atoms with Gasteiger partial charge in [0.2, 0.25) is 5.91 Å². The van der Waals surface area contributed by atoms with E-state index in [2.05, 4.69) is 16.2 Å². The zero-order valence-corrected chi connectivity index (χ0v) is 10.6. The minimum Gasteiger partial charge on any atom is -0.368 e.